The maximum absolute atomic E-state index is 12.1. The van der Waals surface area contributed by atoms with Gasteiger partial charge in [-0.3, -0.25) is 9.59 Å². The third kappa shape index (κ3) is 3.13. The lowest BCUT2D eigenvalue weighted by Crippen LogP contribution is -2.37. The van der Waals surface area contributed by atoms with Gasteiger partial charge in [0, 0.05) is 13.0 Å². The van der Waals surface area contributed by atoms with Gasteiger partial charge in [0.1, 0.15) is 9.75 Å². The lowest BCUT2D eigenvalue weighted by atomic mass is 10.1. The Morgan fingerprint density at radius 1 is 1.33 bits per heavy atom. The molecule has 1 aromatic carbocycles. The normalized spacial score (nSPS) is 24.2. The first-order valence-corrected chi connectivity index (χ1v) is 8.24. The second kappa shape index (κ2) is 6.01. The number of alkyl halides is 2. The number of ether oxygens (including phenoxy) is 3. The number of halogens is 2. The van der Waals surface area contributed by atoms with Crippen LogP contribution in [0.25, 0.3) is 0 Å². The van der Waals surface area contributed by atoms with Crippen LogP contribution in [0.3, 0.4) is 0 Å². The third-order valence-corrected chi connectivity index (χ3v) is 5.37. The van der Waals surface area contributed by atoms with E-state index in [9.17, 15) is 9.59 Å². The fraction of sp³-hybridized carbons (Fsp3) is 0.500. The van der Waals surface area contributed by atoms with Gasteiger partial charge >= 0.3 is 5.97 Å². The molecule has 130 valence electrons. The van der Waals surface area contributed by atoms with E-state index < -0.39 is 27.7 Å². The van der Waals surface area contributed by atoms with E-state index in [1.807, 2.05) is 6.07 Å². The fourth-order valence-electron chi connectivity index (χ4n) is 2.35. The average molecular weight is 374 g/mol. The van der Waals surface area contributed by atoms with Crippen molar-refractivity contribution in [3.05, 3.63) is 23.8 Å². The van der Waals surface area contributed by atoms with Crippen molar-refractivity contribution in [3.8, 4) is 11.5 Å². The highest BCUT2D eigenvalue weighted by atomic mass is 35.5. The van der Waals surface area contributed by atoms with Crippen LogP contribution in [0.4, 0.5) is 0 Å². The summed E-state index contributed by atoms with van der Waals surface area (Å²) in [5.74, 6) is 0.345. The predicted molar refractivity (Wildman–Crippen MR) is 87.1 cm³/mol. The van der Waals surface area contributed by atoms with Gasteiger partial charge in [-0.1, -0.05) is 6.07 Å². The molecule has 0 unspecified atom stereocenters. The molecular formula is C16H17Cl2NO5. The van der Waals surface area contributed by atoms with Crippen LogP contribution in [0.2, 0.25) is 0 Å². The van der Waals surface area contributed by atoms with Gasteiger partial charge in [0.2, 0.25) is 6.79 Å². The van der Waals surface area contributed by atoms with Crippen molar-refractivity contribution in [1.29, 1.82) is 0 Å². The molecule has 1 N–H and O–H groups in total. The number of hydrogen-bond acceptors (Lipinski definition) is 5. The Kier molecular flexibility index (Phi) is 4.30. The third-order valence-electron chi connectivity index (χ3n) is 4.27. The SMILES string of the molecule is C[C@@H](OC(=O)[C@]1(C)CC1(Cl)Cl)C(=O)NCc1ccc2c(c1)OCO2. The lowest BCUT2D eigenvalue weighted by molar-refractivity contribution is -0.159. The van der Waals surface area contributed by atoms with Crippen molar-refractivity contribution in [2.24, 2.45) is 5.41 Å². The van der Waals surface area contributed by atoms with Crippen LogP contribution in [0.5, 0.6) is 11.5 Å². The molecule has 0 radical (unpaired) electrons. The topological polar surface area (TPSA) is 73.9 Å². The van der Waals surface area contributed by atoms with Crippen LogP contribution in [0, 0.1) is 5.41 Å². The number of carbonyl (C=O) groups is 2. The zero-order valence-corrected chi connectivity index (χ0v) is 14.7. The van der Waals surface area contributed by atoms with Crippen LogP contribution in [0.15, 0.2) is 18.2 Å². The number of fused-ring (bicyclic) bond motifs is 1. The summed E-state index contributed by atoms with van der Waals surface area (Å²) < 4.78 is 14.6. The summed E-state index contributed by atoms with van der Waals surface area (Å²) in [4.78, 5) is 24.1. The van der Waals surface area contributed by atoms with E-state index in [2.05, 4.69) is 5.32 Å². The molecule has 8 heteroatoms. The molecule has 1 amide bonds. The largest absolute Gasteiger partial charge is 0.454 e. The quantitative estimate of drug-likeness (QED) is 0.634. The molecule has 1 heterocycles. The number of carbonyl (C=O) groups excluding carboxylic acids is 2. The van der Waals surface area contributed by atoms with Crippen LogP contribution in [0.1, 0.15) is 25.8 Å². The minimum atomic E-state index is -1.12. The summed E-state index contributed by atoms with van der Waals surface area (Å²) in [5, 5.41) is 2.71. The summed E-state index contributed by atoms with van der Waals surface area (Å²) in [6.45, 7) is 3.60. The van der Waals surface area contributed by atoms with E-state index in [-0.39, 0.29) is 13.3 Å². The average Bonchev–Trinajstić information content (AvgIpc) is 2.88. The molecule has 6 nitrogen and oxygen atoms in total. The molecular weight excluding hydrogens is 357 g/mol. The second-order valence-corrected chi connectivity index (χ2v) is 7.65. The van der Waals surface area contributed by atoms with Gasteiger partial charge in [0.15, 0.2) is 17.6 Å². The lowest BCUT2D eigenvalue weighted by Gasteiger charge is -2.17. The molecule has 1 fully saturated rings. The first-order valence-electron chi connectivity index (χ1n) is 7.48. The molecule has 1 saturated carbocycles. The molecule has 0 bridgehead atoms. The van der Waals surface area contributed by atoms with Crippen LogP contribution in [-0.4, -0.2) is 29.1 Å². The molecule has 0 aromatic heterocycles. The molecule has 0 spiro atoms. The van der Waals surface area contributed by atoms with Crippen LogP contribution in [-0.2, 0) is 20.9 Å². The van der Waals surface area contributed by atoms with Crippen molar-refractivity contribution >= 4 is 35.1 Å². The van der Waals surface area contributed by atoms with Crippen LogP contribution < -0.4 is 14.8 Å². The Morgan fingerprint density at radius 2 is 2.00 bits per heavy atom. The Balaban J connectivity index is 1.51. The van der Waals surface area contributed by atoms with Gasteiger partial charge < -0.3 is 19.5 Å². The first kappa shape index (κ1) is 17.2. The van der Waals surface area contributed by atoms with Crippen LogP contribution >= 0.6 is 23.2 Å². The highest BCUT2D eigenvalue weighted by molar-refractivity contribution is 6.53. The molecule has 1 aromatic rings. The molecule has 3 rings (SSSR count). The number of rotatable bonds is 5. The van der Waals surface area contributed by atoms with Gasteiger partial charge in [-0.05, 0) is 31.5 Å². The van der Waals surface area contributed by atoms with Crippen molar-refractivity contribution < 1.29 is 23.8 Å². The first-order chi connectivity index (χ1) is 11.2. The summed E-state index contributed by atoms with van der Waals surface area (Å²) in [5.41, 5.74) is -0.108. The molecule has 1 aliphatic heterocycles. The Hall–Kier alpha value is -1.66. The zero-order valence-electron chi connectivity index (χ0n) is 13.2. The standard InChI is InChI=1S/C16H17Cl2NO5/c1-9(24-14(21)15(2)7-16(15,17)18)13(20)19-6-10-3-4-11-12(5-10)23-8-22-11/h3-5,9H,6-8H2,1-2H3,(H,19,20)/t9-,15+/m1/s1. The second-order valence-electron chi connectivity index (χ2n) is 6.17. The number of benzene rings is 1. The highest BCUT2D eigenvalue weighted by Gasteiger charge is 2.69. The number of nitrogens with one attached hydrogen (secondary N) is 1. The number of amides is 1. The van der Waals surface area contributed by atoms with E-state index in [0.29, 0.717) is 17.9 Å². The fourth-order valence-corrected chi connectivity index (χ4v) is 3.04. The van der Waals surface area contributed by atoms with E-state index in [0.717, 1.165) is 5.56 Å². The zero-order chi connectivity index (χ0) is 17.5. The van der Waals surface area contributed by atoms with Gasteiger partial charge in [0.05, 0.1) is 0 Å². The Bertz CT molecular complexity index is 693. The summed E-state index contributed by atoms with van der Waals surface area (Å²) >= 11 is 11.9. The molecule has 2 atom stereocenters. The van der Waals surface area contributed by atoms with Crippen molar-refractivity contribution in [3.63, 3.8) is 0 Å². The van der Waals surface area contributed by atoms with Gasteiger partial charge in [-0.15, -0.1) is 23.2 Å². The minimum absolute atomic E-state index is 0.194. The van der Waals surface area contributed by atoms with Gasteiger partial charge in [-0.2, -0.15) is 0 Å². The van der Waals surface area contributed by atoms with Crippen molar-refractivity contribution in [1.82, 2.24) is 5.32 Å². The summed E-state index contributed by atoms with van der Waals surface area (Å²) in [6, 6.07) is 5.40. The van der Waals surface area contributed by atoms with E-state index >= 15 is 0 Å². The van der Waals surface area contributed by atoms with E-state index in [4.69, 9.17) is 37.4 Å². The molecule has 0 saturated heterocycles. The van der Waals surface area contributed by atoms with E-state index in [1.165, 1.54) is 6.92 Å². The molecule has 24 heavy (non-hydrogen) atoms. The monoisotopic (exact) mass is 373 g/mol. The smallest absolute Gasteiger partial charge is 0.315 e. The van der Waals surface area contributed by atoms with E-state index in [1.54, 1.807) is 19.1 Å². The number of esters is 1. The minimum Gasteiger partial charge on any atom is -0.454 e. The predicted octanol–water partition coefficient (Wildman–Crippen LogP) is 2.55. The maximum Gasteiger partial charge on any atom is 0.315 e. The van der Waals surface area contributed by atoms with Crippen molar-refractivity contribution in [2.45, 2.75) is 37.3 Å². The van der Waals surface area contributed by atoms with Gasteiger partial charge in [0.25, 0.3) is 5.91 Å². The van der Waals surface area contributed by atoms with Crippen molar-refractivity contribution in [2.75, 3.05) is 6.79 Å². The highest BCUT2D eigenvalue weighted by Crippen LogP contribution is 2.64. The molecule has 2 aliphatic rings. The summed E-state index contributed by atoms with van der Waals surface area (Å²) in [7, 11) is 0. The Morgan fingerprint density at radius 3 is 2.67 bits per heavy atom. The maximum atomic E-state index is 12.1. The number of hydrogen-bond donors (Lipinski definition) is 1. The molecule has 1 aliphatic carbocycles. The summed E-state index contributed by atoms with van der Waals surface area (Å²) in [6.07, 6.45) is -0.624. The Labute approximate surface area is 149 Å². The van der Waals surface area contributed by atoms with Gasteiger partial charge in [-0.25, -0.2) is 0 Å².